The number of aromatic nitrogens is 1. The maximum absolute atomic E-state index is 12.6. The highest BCUT2D eigenvalue weighted by atomic mass is 32.1. The Hall–Kier alpha value is -0.550. The van der Waals surface area contributed by atoms with Crippen molar-refractivity contribution in [2.24, 2.45) is 0 Å². The van der Waals surface area contributed by atoms with Crippen LogP contribution < -0.4 is 0 Å². The fourth-order valence-electron chi connectivity index (χ4n) is 1.00. The lowest BCUT2D eigenvalue weighted by Gasteiger charge is -2.07. The first-order chi connectivity index (χ1) is 5.92. The van der Waals surface area contributed by atoms with Gasteiger partial charge in [0.25, 0.3) is 0 Å². The summed E-state index contributed by atoms with van der Waals surface area (Å²) in [6, 6.07) is 0. The van der Waals surface area contributed by atoms with Gasteiger partial charge in [-0.05, 0) is 13.8 Å². The number of hydrogen-bond acceptors (Lipinski definition) is 3. The lowest BCUT2D eigenvalue weighted by Crippen LogP contribution is -2.13. The Balaban J connectivity index is 2.83. The van der Waals surface area contributed by atoms with Crippen LogP contribution in [0.4, 0.5) is 8.78 Å². The molecule has 1 N–H and O–H groups in total. The zero-order valence-electron chi connectivity index (χ0n) is 7.47. The standard InChI is InChI=1S/C8H11F2NOS/c1-5-6(3-8(2,9)10)13-7(4-12)11-5/h12H,3-4H2,1-2H3. The highest BCUT2D eigenvalue weighted by Crippen LogP contribution is 2.26. The molecule has 0 fully saturated rings. The SMILES string of the molecule is Cc1nc(CO)sc1CC(C)(F)F. The third kappa shape index (κ3) is 3.00. The Kier molecular flexibility index (Phi) is 2.98. The Morgan fingerprint density at radius 3 is 2.54 bits per heavy atom. The smallest absolute Gasteiger partial charge is 0.250 e. The Labute approximate surface area is 79.2 Å². The number of alkyl halides is 2. The summed E-state index contributed by atoms with van der Waals surface area (Å²) >= 11 is 1.15. The van der Waals surface area contributed by atoms with E-state index in [1.165, 1.54) is 0 Å². The second-order valence-electron chi connectivity index (χ2n) is 3.02. The summed E-state index contributed by atoms with van der Waals surface area (Å²) in [7, 11) is 0. The fraction of sp³-hybridized carbons (Fsp3) is 0.625. The normalized spacial score (nSPS) is 12.1. The van der Waals surface area contributed by atoms with E-state index in [1.54, 1.807) is 6.92 Å². The van der Waals surface area contributed by atoms with E-state index >= 15 is 0 Å². The van der Waals surface area contributed by atoms with Crippen LogP contribution in [0.15, 0.2) is 0 Å². The number of aliphatic hydroxyl groups is 1. The molecule has 1 aromatic heterocycles. The number of hydrogen-bond donors (Lipinski definition) is 1. The Bertz CT molecular complexity index is 293. The quantitative estimate of drug-likeness (QED) is 0.823. The van der Waals surface area contributed by atoms with Gasteiger partial charge < -0.3 is 5.11 Å². The lowest BCUT2D eigenvalue weighted by atomic mass is 10.2. The molecule has 0 spiro atoms. The zero-order valence-corrected chi connectivity index (χ0v) is 8.29. The average molecular weight is 207 g/mol. The monoisotopic (exact) mass is 207 g/mol. The molecular weight excluding hydrogens is 196 g/mol. The summed E-state index contributed by atoms with van der Waals surface area (Å²) in [5.74, 6) is -2.70. The summed E-state index contributed by atoms with van der Waals surface area (Å²) in [5.41, 5.74) is 0.593. The summed E-state index contributed by atoms with van der Waals surface area (Å²) in [6.07, 6.45) is -0.295. The van der Waals surface area contributed by atoms with Gasteiger partial charge in [0, 0.05) is 11.3 Å². The number of aryl methyl sites for hydroxylation is 1. The molecule has 1 aromatic rings. The molecule has 74 valence electrons. The van der Waals surface area contributed by atoms with Crippen molar-refractivity contribution < 1.29 is 13.9 Å². The molecule has 1 rings (SSSR count). The summed E-state index contributed by atoms with van der Waals surface area (Å²) in [5, 5.41) is 9.23. The van der Waals surface area contributed by atoms with Crippen LogP contribution in [0.5, 0.6) is 0 Å². The Morgan fingerprint density at radius 2 is 2.15 bits per heavy atom. The molecule has 1 heterocycles. The molecule has 0 radical (unpaired) electrons. The van der Waals surface area contributed by atoms with E-state index < -0.39 is 5.92 Å². The molecule has 0 amide bonds. The third-order valence-corrected chi connectivity index (χ3v) is 2.69. The van der Waals surface area contributed by atoms with Crippen molar-refractivity contribution >= 4 is 11.3 Å². The van der Waals surface area contributed by atoms with Crippen molar-refractivity contribution in [3.63, 3.8) is 0 Å². The molecule has 0 aromatic carbocycles. The van der Waals surface area contributed by atoms with Crippen LogP contribution in [0, 0.1) is 6.92 Å². The first kappa shape index (κ1) is 10.5. The van der Waals surface area contributed by atoms with Gasteiger partial charge in [-0.1, -0.05) is 0 Å². The van der Waals surface area contributed by atoms with E-state index in [9.17, 15) is 8.78 Å². The van der Waals surface area contributed by atoms with Gasteiger partial charge in [-0.15, -0.1) is 11.3 Å². The van der Waals surface area contributed by atoms with Crippen LogP contribution in [0.1, 0.15) is 22.5 Å². The second-order valence-corrected chi connectivity index (χ2v) is 4.19. The van der Waals surface area contributed by atoms with E-state index in [1.807, 2.05) is 0 Å². The molecular formula is C8H11F2NOS. The van der Waals surface area contributed by atoms with Crippen molar-refractivity contribution in [3.05, 3.63) is 15.6 Å². The maximum Gasteiger partial charge on any atom is 0.250 e. The van der Waals surface area contributed by atoms with Gasteiger partial charge in [0.1, 0.15) is 5.01 Å². The topological polar surface area (TPSA) is 33.1 Å². The molecule has 2 nitrogen and oxygen atoms in total. The van der Waals surface area contributed by atoms with E-state index in [2.05, 4.69) is 4.98 Å². The minimum Gasteiger partial charge on any atom is -0.389 e. The van der Waals surface area contributed by atoms with Crippen LogP contribution in [0.25, 0.3) is 0 Å². The number of halogens is 2. The zero-order chi connectivity index (χ0) is 10.1. The van der Waals surface area contributed by atoms with Gasteiger partial charge in [0.05, 0.1) is 12.3 Å². The van der Waals surface area contributed by atoms with Crippen molar-refractivity contribution in [1.29, 1.82) is 0 Å². The molecule has 0 aliphatic carbocycles. The summed E-state index contributed by atoms with van der Waals surface area (Å²) in [6.45, 7) is 2.38. The van der Waals surface area contributed by atoms with Crippen LogP contribution in [-0.2, 0) is 13.0 Å². The van der Waals surface area contributed by atoms with Crippen LogP contribution >= 0.6 is 11.3 Å². The van der Waals surface area contributed by atoms with Gasteiger partial charge in [-0.3, -0.25) is 0 Å². The first-order valence-corrected chi connectivity index (χ1v) is 4.68. The van der Waals surface area contributed by atoms with Gasteiger partial charge >= 0.3 is 0 Å². The first-order valence-electron chi connectivity index (χ1n) is 3.86. The van der Waals surface area contributed by atoms with Gasteiger partial charge in [-0.25, -0.2) is 13.8 Å². The van der Waals surface area contributed by atoms with E-state index in [0.29, 0.717) is 15.6 Å². The average Bonchev–Trinajstić information content (AvgIpc) is 2.29. The van der Waals surface area contributed by atoms with Gasteiger partial charge in [-0.2, -0.15) is 0 Å². The van der Waals surface area contributed by atoms with Crippen molar-refractivity contribution in [1.82, 2.24) is 4.98 Å². The number of aliphatic hydroxyl groups excluding tert-OH is 1. The highest BCUT2D eigenvalue weighted by Gasteiger charge is 2.24. The van der Waals surface area contributed by atoms with Gasteiger partial charge in [0.2, 0.25) is 5.92 Å². The highest BCUT2D eigenvalue weighted by molar-refractivity contribution is 7.11. The van der Waals surface area contributed by atoms with Crippen molar-refractivity contribution in [2.75, 3.05) is 0 Å². The van der Waals surface area contributed by atoms with Crippen LogP contribution in [0.2, 0.25) is 0 Å². The van der Waals surface area contributed by atoms with Crippen molar-refractivity contribution in [3.8, 4) is 0 Å². The van der Waals surface area contributed by atoms with Crippen LogP contribution in [-0.4, -0.2) is 16.0 Å². The summed E-state index contributed by atoms with van der Waals surface area (Å²) in [4.78, 5) is 4.50. The molecule has 0 atom stereocenters. The third-order valence-electron chi connectivity index (χ3n) is 1.54. The molecule has 13 heavy (non-hydrogen) atoms. The molecule has 0 saturated carbocycles. The second kappa shape index (κ2) is 3.67. The largest absolute Gasteiger partial charge is 0.389 e. The summed E-state index contributed by atoms with van der Waals surface area (Å²) < 4.78 is 25.2. The molecule has 0 aliphatic rings. The predicted molar refractivity (Wildman–Crippen MR) is 47.1 cm³/mol. The number of nitrogens with zero attached hydrogens (tertiary/aromatic N) is 1. The lowest BCUT2D eigenvalue weighted by molar-refractivity contribution is 0.0232. The molecule has 5 heteroatoms. The van der Waals surface area contributed by atoms with E-state index in [4.69, 9.17) is 5.11 Å². The van der Waals surface area contributed by atoms with Crippen molar-refractivity contribution in [2.45, 2.75) is 32.8 Å². The molecule has 0 aliphatic heterocycles. The van der Waals surface area contributed by atoms with Gasteiger partial charge in [0.15, 0.2) is 0 Å². The maximum atomic E-state index is 12.6. The predicted octanol–water partition coefficient (Wildman–Crippen LogP) is 2.14. The van der Waals surface area contributed by atoms with Crippen LogP contribution in [0.3, 0.4) is 0 Å². The fourth-order valence-corrected chi connectivity index (χ4v) is 2.05. The van der Waals surface area contributed by atoms with E-state index in [0.717, 1.165) is 18.3 Å². The van der Waals surface area contributed by atoms with E-state index in [-0.39, 0.29) is 13.0 Å². The molecule has 0 unspecified atom stereocenters. The number of thiazole rings is 1. The number of rotatable bonds is 3. The molecule has 0 bridgehead atoms. The minimum atomic E-state index is -2.70. The minimum absolute atomic E-state index is 0.180. The Morgan fingerprint density at radius 1 is 1.54 bits per heavy atom. The molecule has 0 saturated heterocycles.